The number of pyridine rings is 1. The predicted molar refractivity (Wildman–Crippen MR) is 104 cm³/mol. The zero-order valence-electron chi connectivity index (χ0n) is 15.9. The molecule has 0 spiro atoms. The number of piperidine rings is 1. The lowest BCUT2D eigenvalue weighted by molar-refractivity contribution is -0.384. The maximum atomic E-state index is 12.8. The number of sulfone groups is 1. The largest absolute Gasteiger partial charge is 0.501 e. The number of nitrogens with zero attached hydrogens (tertiary/aromatic N) is 3. The Kier molecular flexibility index (Phi) is 6.15. The van der Waals surface area contributed by atoms with Crippen LogP contribution >= 0.6 is 0 Å². The van der Waals surface area contributed by atoms with Crippen molar-refractivity contribution in [2.45, 2.75) is 23.2 Å². The van der Waals surface area contributed by atoms with Gasteiger partial charge in [-0.2, -0.15) is 13.2 Å². The highest BCUT2D eigenvalue weighted by Gasteiger charge is 2.47. The highest BCUT2D eigenvalue weighted by Crippen LogP contribution is 2.37. The van der Waals surface area contributed by atoms with Gasteiger partial charge in [-0.15, -0.1) is 0 Å². The number of anilines is 2. The van der Waals surface area contributed by atoms with Crippen LogP contribution in [0, 0.1) is 16.0 Å². The first-order chi connectivity index (χ1) is 14.5. The van der Waals surface area contributed by atoms with Crippen LogP contribution in [0.25, 0.3) is 0 Å². The van der Waals surface area contributed by atoms with Gasteiger partial charge >= 0.3 is 5.51 Å². The lowest BCUT2D eigenvalue weighted by Crippen LogP contribution is -2.41. The van der Waals surface area contributed by atoms with Gasteiger partial charge in [0.15, 0.2) is 0 Å². The molecule has 9 nitrogen and oxygen atoms in total. The minimum atomic E-state index is -5.73. The summed E-state index contributed by atoms with van der Waals surface area (Å²) in [7, 11) is -5.73. The zero-order chi connectivity index (χ0) is 22.8. The van der Waals surface area contributed by atoms with Gasteiger partial charge in [0.05, 0.1) is 15.7 Å². The van der Waals surface area contributed by atoms with Crippen LogP contribution in [0.1, 0.15) is 12.8 Å². The molecule has 0 radical (unpaired) electrons. The van der Waals surface area contributed by atoms with E-state index >= 15 is 0 Å². The third-order valence-corrected chi connectivity index (χ3v) is 6.29. The summed E-state index contributed by atoms with van der Waals surface area (Å²) < 4.78 is 61.6. The summed E-state index contributed by atoms with van der Waals surface area (Å²) in [6.45, 7) is 0.393. The standard InChI is InChI=1S/C18H17F3N4O5S/c19-18(20,21)31(29,30)13-6-7-14(15(10-13)25(27)28)24-9-3-4-12(11-24)17(26)23-16-5-1-2-8-22-16/h1-2,5-8,10,12H,3-4,9,11H2,(H,22,23,26)/t12-/m1/s1. The number of hydrogen-bond acceptors (Lipinski definition) is 7. The van der Waals surface area contributed by atoms with Gasteiger partial charge < -0.3 is 10.2 Å². The Morgan fingerprint density at radius 1 is 1.26 bits per heavy atom. The second-order valence-corrected chi connectivity index (χ2v) is 8.79. The van der Waals surface area contributed by atoms with Crippen molar-refractivity contribution in [2.24, 2.45) is 5.92 Å². The number of benzene rings is 1. The van der Waals surface area contributed by atoms with Crippen molar-refractivity contribution in [1.29, 1.82) is 0 Å². The van der Waals surface area contributed by atoms with Crippen molar-refractivity contribution < 1.29 is 31.3 Å². The number of amides is 1. The summed E-state index contributed by atoms with van der Waals surface area (Å²) >= 11 is 0. The second-order valence-electron chi connectivity index (χ2n) is 6.85. The average Bonchev–Trinajstić information content (AvgIpc) is 2.73. The van der Waals surface area contributed by atoms with Gasteiger partial charge in [-0.3, -0.25) is 14.9 Å². The predicted octanol–water partition coefficient (Wildman–Crippen LogP) is 3.14. The van der Waals surface area contributed by atoms with E-state index in [2.05, 4.69) is 10.3 Å². The third-order valence-electron chi connectivity index (χ3n) is 4.81. The van der Waals surface area contributed by atoms with Crippen molar-refractivity contribution in [2.75, 3.05) is 23.3 Å². The Morgan fingerprint density at radius 3 is 2.61 bits per heavy atom. The summed E-state index contributed by atoms with van der Waals surface area (Å²) in [5, 5.41) is 14.1. The van der Waals surface area contributed by atoms with Gasteiger partial charge in [0, 0.05) is 25.4 Å². The third kappa shape index (κ3) is 4.76. The first-order valence-electron chi connectivity index (χ1n) is 9.07. The number of nitrogens with one attached hydrogen (secondary N) is 1. The quantitative estimate of drug-likeness (QED) is 0.539. The lowest BCUT2D eigenvalue weighted by atomic mass is 9.96. The van der Waals surface area contributed by atoms with E-state index in [-0.39, 0.29) is 18.1 Å². The molecule has 0 saturated carbocycles. The molecule has 13 heteroatoms. The van der Waals surface area contributed by atoms with Crippen LogP contribution < -0.4 is 10.2 Å². The molecule has 1 N–H and O–H groups in total. The maximum Gasteiger partial charge on any atom is 0.501 e. The van der Waals surface area contributed by atoms with Crippen LogP contribution in [0.5, 0.6) is 0 Å². The van der Waals surface area contributed by atoms with Crippen LogP contribution in [0.4, 0.5) is 30.4 Å². The van der Waals surface area contributed by atoms with Gasteiger partial charge in [-0.1, -0.05) is 6.07 Å². The van der Waals surface area contributed by atoms with Gasteiger partial charge in [0.1, 0.15) is 11.5 Å². The van der Waals surface area contributed by atoms with Gasteiger partial charge in [-0.25, -0.2) is 13.4 Å². The average molecular weight is 458 g/mol. The SMILES string of the molecule is O=C(Nc1ccccn1)[C@@H]1CCCN(c2ccc(S(=O)(=O)C(F)(F)F)cc2[N+](=O)[O-])C1. The van der Waals surface area contributed by atoms with Crippen LogP contribution in [-0.2, 0) is 14.6 Å². The number of aromatic nitrogens is 1. The van der Waals surface area contributed by atoms with E-state index in [1.54, 1.807) is 18.2 Å². The Labute approximate surface area is 175 Å². The van der Waals surface area contributed by atoms with E-state index in [1.165, 1.54) is 11.1 Å². The van der Waals surface area contributed by atoms with Crippen LogP contribution in [0.3, 0.4) is 0 Å². The first kappa shape index (κ1) is 22.5. The smallest absolute Gasteiger partial charge is 0.365 e. The Bertz CT molecular complexity index is 1090. The minimum absolute atomic E-state index is 0.0542. The van der Waals surface area contributed by atoms with Crippen LogP contribution in [0.2, 0.25) is 0 Å². The van der Waals surface area contributed by atoms with Gasteiger partial charge in [0.2, 0.25) is 5.91 Å². The fourth-order valence-corrected chi connectivity index (χ4v) is 4.07. The van der Waals surface area contributed by atoms with E-state index in [1.807, 2.05) is 0 Å². The lowest BCUT2D eigenvalue weighted by Gasteiger charge is -2.33. The number of halogens is 3. The molecule has 2 heterocycles. The van der Waals surface area contributed by atoms with Crippen LogP contribution in [0.15, 0.2) is 47.5 Å². The van der Waals surface area contributed by atoms with E-state index in [9.17, 15) is 36.5 Å². The molecule has 1 aromatic carbocycles. The normalized spacial score (nSPS) is 17.3. The first-order valence-corrected chi connectivity index (χ1v) is 10.6. The molecule has 1 aliphatic heterocycles. The molecule has 2 aromatic rings. The summed E-state index contributed by atoms with van der Waals surface area (Å²) in [5.41, 5.74) is -6.42. The molecule has 1 atom stereocenters. The molecule has 0 unspecified atom stereocenters. The monoisotopic (exact) mass is 458 g/mol. The van der Waals surface area contributed by atoms with Crippen molar-refractivity contribution in [1.82, 2.24) is 4.98 Å². The highest BCUT2D eigenvalue weighted by molar-refractivity contribution is 7.92. The molecule has 1 fully saturated rings. The molecule has 166 valence electrons. The molecule has 0 bridgehead atoms. The van der Waals surface area contributed by atoms with Crippen LogP contribution in [-0.4, -0.2) is 42.8 Å². The highest BCUT2D eigenvalue weighted by atomic mass is 32.2. The van der Waals surface area contributed by atoms with Crippen molar-refractivity contribution in [3.8, 4) is 0 Å². The van der Waals surface area contributed by atoms with Crippen molar-refractivity contribution in [3.05, 3.63) is 52.7 Å². The van der Waals surface area contributed by atoms with Gasteiger partial charge in [-0.05, 0) is 37.1 Å². The maximum absolute atomic E-state index is 12.8. The number of alkyl halides is 3. The van der Waals surface area contributed by atoms with Crippen molar-refractivity contribution >= 4 is 32.9 Å². The second kappa shape index (κ2) is 8.49. The molecule has 1 saturated heterocycles. The van der Waals surface area contributed by atoms with E-state index in [0.29, 0.717) is 37.3 Å². The van der Waals surface area contributed by atoms with Crippen molar-refractivity contribution in [3.63, 3.8) is 0 Å². The molecule has 0 aliphatic carbocycles. The molecular weight excluding hydrogens is 441 g/mol. The topological polar surface area (TPSA) is 123 Å². The number of carbonyl (C=O) groups is 1. The fourth-order valence-electron chi connectivity index (χ4n) is 3.29. The van der Waals surface area contributed by atoms with E-state index in [4.69, 9.17) is 0 Å². The number of rotatable bonds is 5. The Morgan fingerprint density at radius 2 is 2.00 bits per heavy atom. The molecule has 1 aromatic heterocycles. The fraction of sp³-hybridized carbons (Fsp3) is 0.333. The summed E-state index contributed by atoms with van der Waals surface area (Å²) in [6, 6.07) is 7.02. The molecule has 3 rings (SSSR count). The summed E-state index contributed by atoms with van der Waals surface area (Å²) in [6.07, 6.45) is 2.51. The molecule has 31 heavy (non-hydrogen) atoms. The number of carbonyl (C=O) groups excluding carboxylic acids is 1. The number of nitro benzene ring substituents is 1. The summed E-state index contributed by atoms with van der Waals surface area (Å²) in [4.78, 5) is 27.3. The zero-order valence-corrected chi connectivity index (χ0v) is 16.7. The van der Waals surface area contributed by atoms with E-state index in [0.717, 1.165) is 6.07 Å². The number of hydrogen-bond donors (Lipinski definition) is 1. The van der Waals surface area contributed by atoms with Gasteiger partial charge in [0.25, 0.3) is 15.5 Å². The molecule has 1 aliphatic rings. The Hall–Kier alpha value is -3.22. The molecule has 1 amide bonds. The minimum Gasteiger partial charge on any atom is -0.365 e. The molecular formula is C18H17F3N4O5S. The van der Waals surface area contributed by atoms with E-state index < -0.39 is 36.8 Å². The summed E-state index contributed by atoms with van der Waals surface area (Å²) in [5.74, 6) is -0.548. The number of nitro groups is 1. The Balaban J connectivity index is 1.86.